The Labute approximate surface area is 194 Å². The highest BCUT2D eigenvalue weighted by Crippen LogP contribution is 2.42. The quantitative estimate of drug-likeness (QED) is 0.494. The Bertz CT molecular complexity index is 1130. The van der Waals surface area contributed by atoms with Crippen LogP contribution < -0.4 is 9.47 Å². The Hall–Kier alpha value is -2.52. The van der Waals surface area contributed by atoms with Gasteiger partial charge in [-0.1, -0.05) is 23.9 Å². The molecular weight excluding hydrogens is 444 g/mol. The number of hydrogen-bond acceptors (Lipinski definition) is 7. The summed E-state index contributed by atoms with van der Waals surface area (Å²) in [5.41, 5.74) is 1.12. The summed E-state index contributed by atoms with van der Waals surface area (Å²) < 4.78 is 13.6. The molecule has 7 nitrogen and oxygen atoms in total. The molecule has 2 fully saturated rings. The number of thioether (sulfide) groups is 1. The Morgan fingerprint density at radius 1 is 1.12 bits per heavy atom. The topological polar surface area (TPSA) is 69.5 Å². The van der Waals surface area contributed by atoms with E-state index in [1.165, 1.54) is 11.8 Å². The van der Waals surface area contributed by atoms with Crippen LogP contribution in [-0.4, -0.2) is 51.1 Å². The van der Waals surface area contributed by atoms with Gasteiger partial charge in [0.1, 0.15) is 13.2 Å². The molecule has 1 unspecified atom stereocenters. The van der Waals surface area contributed by atoms with Crippen molar-refractivity contribution in [3.8, 4) is 22.2 Å². The third kappa shape index (κ3) is 3.77. The number of fused-ring (bicyclic) bond motifs is 1. The highest BCUT2D eigenvalue weighted by molar-refractivity contribution is 7.99. The van der Waals surface area contributed by atoms with E-state index < -0.39 is 0 Å². The number of likely N-dealkylation sites (tertiary alicyclic amines) is 1. The molecule has 4 heterocycles. The highest BCUT2D eigenvalue weighted by Gasteiger charge is 2.33. The third-order valence-electron chi connectivity index (χ3n) is 6.17. The first kappa shape index (κ1) is 20.1. The molecule has 3 aromatic rings. The van der Waals surface area contributed by atoms with Crippen molar-refractivity contribution in [2.24, 2.45) is 0 Å². The van der Waals surface area contributed by atoms with Crippen LogP contribution in [0.1, 0.15) is 43.3 Å². The van der Waals surface area contributed by atoms with Crippen molar-refractivity contribution in [2.45, 2.75) is 42.9 Å². The van der Waals surface area contributed by atoms with Gasteiger partial charge in [0.25, 0.3) is 0 Å². The summed E-state index contributed by atoms with van der Waals surface area (Å²) in [4.78, 5) is 16.4. The maximum absolute atomic E-state index is 13.2. The predicted molar refractivity (Wildman–Crippen MR) is 123 cm³/mol. The molecule has 0 N–H and O–H groups in total. The number of benzene rings is 1. The second-order valence-electron chi connectivity index (χ2n) is 8.32. The summed E-state index contributed by atoms with van der Waals surface area (Å²) in [5, 5.41) is 11.8. The van der Waals surface area contributed by atoms with Crippen LogP contribution in [0, 0.1) is 0 Å². The van der Waals surface area contributed by atoms with Gasteiger partial charge in [-0.25, -0.2) is 0 Å². The Balaban J connectivity index is 1.17. The number of amides is 1. The van der Waals surface area contributed by atoms with Crippen LogP contribution in [0.15, 0.2) is 40.9 Å². The summed E-state index contributed by atoms with van der Waals surface area (Å²) in [5.74, 6) is 3.01. The third-order valence-corrected chi connectivity index (χ3v) is 7.96. The van der Waals surface area contributed by atoms with Gasteiger partial charge in [0.05, 0.1) is 16.7 Å². The molecule has 1 atom stereocenters. The number of ether oxygens (including phenoxy) is 2. The fourth-order valence-electron chi connectivity index (χ4n) is 4.50. The monoisotopic (exact) mass is 468 g/mol. The van der Waals surface area contributed by atoms with Gasteiger partial charge < -0.3 is 14.4 Å². The fourth-order valence-corrected chi connectivity index (χ4v) is 6.10. The minimum absolute atomic E-state index is 0.0851. The molecule has 3 aliphatic rings. The summed E-state index contributed by atoms with van der Waals surface area (Å²) in [6.45, 7) is 1.93. The van der Waals surface area contributed by atoms with E-state index in [2.05, 4.69) is 32.3 Å². The van der Waals surface area contributed by atoms with Crippen molar-refractivity contribution in [1.29, 1.82) is 0 Å². The van der Waals surface area contributed by atoms with E-state index in [1.807, 2.05) is 23.1 Å². The molecule has 6 rings (SSSR count). The molecule has 166 valence electrons. The van der Waals surface area contributed by atoms with E-state index in [9.17, 15) is 4.79 Å². The van der Waals surface area contributed by atoms with Crippen LogP contribution in [-0.2, 0) is 4.79 Å². The van der Waals surface area contributed by atoms with Crippen molar-refractivity contribution in [3.63, 3.8) is 0 Å². The van der Waals surface area contributed by atoms with Gasteiger partial charge in [0.15, 0.2) is 22.5 Å². The first-order valence-electron chi connectivity index (χ1n) is 11.1. The number of aromatic nitrogens is 3. The summed E-state index contributed by atoms with van der Waals surface area (Å²) in [6.07, 6.45) is 4.28. The zero-order chi connectivity index (χ0) is 21.5. The molecule has 1 amide bonds. The lowest BCUT2D eigenvalue weighted by Gasteiger charge is -2.26. The van der Waals surface area contributed by atoms with Crippen LogP contribution in [0.25, 0.3) is 10.7 Å². The average Bonchev–Trinajstić information content (AvgIpc) is 3.24. The lowest BCUT2D eigenvalue weighted by molar-refractivity contribution is -0.129. The number of carbonyl (C=O) groups is 1. The van der Waals surface area contributed by atoms with Gasteiger partial charge in [-0.3, -0.25) is 9.36 Å². The fraction of sp³-hybridized carbons (Fsp3) is 0.435. The zero-order valence-corrected chi connectivity index (χ0v) is 19.2. The van der Waals surface area contributed by atoms with Crippen LogP contribution in [0.2, 0.25) is 0 Å². The second-order valence-corrected chi connectivity index (χ2v) is 10.2. The van der Waals surface area contributed by atoms with E-state index >= 15 is 0 Å². The highest BCUT2D eigenvalue weighted by atomic mass is 32.2. The van der Waals surface area contributed by atoms with E-state index in [-0.39, 0.29) is 11.9 Å². The predicted octanol–water partition coefficient (Wildman–Crippen LogP) is 4.57. The molecule has 0 spiro atoms. The molecule has 32 heavy (non-hydrogen) atoms. The van der Waals surface area contributed by atoms with E-state index in [1.54, 1.807) is 11.3 Å². The summed E-state index contributed by atoms with van der Waals surface area (Å²) >= 11 is 3.18. The van der Waals surface area contributed by atoms with Crippen LogP contribution in [0.4, 0.5) is 0 Å². The van der Waals surface area contributed by atoms with Crippen molar-refractivity contribution < 1.29 is 14.3 Å². The van der Waals surface area contributed by atoms with Crippen LogP contribution >= 0.6 is 23.1 Å². The lowest BCUT2D eigenvalue weighted by atomic mass is 10.0. The molecule has 1 saturated heterocycles. The van der Waals surface area contributed by atoms with Gasteiger partial charge in [-0.2, -0.15) is 0 Å². The van der Waals surface area contributed by atoms with Crippen molar-refractivity contribution in [2.75, 3.05) is 25.5 Å². The van der Waals surface area contributed by atoms with Gasteiger partial charge in [0.2, 0.25) is 5.91 Å². The van der Waals surface area contributed by atoms with Crippen molar-refractivity contribution in [1.82, 2.24) is 19.7 Å². The number of thiophene rings is 1. The first-order chi connectivity index (χ1) is 15.8. The molecule has 2 aromatic heterocycles. The largest absolute Gasteiger partial charge is 0.486 e. The second kappa shape index (κ2) is 8.44. The summed E-state index contributed by atoms with van der Waals surface area (Å²) in [6, 6.07) is 10.7. The number of nitrogens with zero attached hydrogens (tertiary/aromatic N) is 4. The molecule has 9 heteroatoms. The molecule has 1 saturated carbocycles. The molecule has 1 aliphatic carbocycles. The molecule has 0 radical (unpaired) electrons. The minimum Gasteiger partial charge on any atom is -0.486 e. The smallest absolute Gasteiger partial charge is 0.233 e. The maximum atomic E-state index is 13.2. The van der Waals surface area contributed by atoms with Crippen LogP contribution in [0.3, 0.4) is 0 Å². The van der Waals surface area contributed by atoms with Gasteiger partial charge >= 0.3 is 0 Å². The van der Waals surface area contributed by atoms with E-state index in [0.717, 1.165) is 65.1 Å². The van der Waals surface area contributed by atoms with E-state index in [4.69, 9.17) is 9.47 Å². The lowest BCUT2D eigenvalue weighted by Crippen LogP contribution is -2.32. The van der Waals surface area contributed by atoms with Crippen molar-refractivity contribution >= 4 is 29.0 Å². The zero-order valence-electron chi connectivity index (χ0n) is 17.6. The Morgan fingerprint density at radius 2 is 2.00 bits per heavy atom. The number of hydrogen-bond donors (Lipinski definition) is 0. The normalized spacial score (nSPS) is 20.0. The molecule has 1 aromatic carbocycles. The minimum atomic E-state index is 0.0851. The summed E-state index contributed by atoms with van der Waals surface area (Å²) in [7, 11) is 0. The van der Waals surface area contributed by atoms with E-state index in [0.29, 0.717) is 25.0 Å². The molecule has 2 aliphatic heterocycles. The van der Waals surface area contributed by atoms with Gasteiger partial charge in [0, 0.05) is 12.6 Å². The standard InChI is InChI=1S/C23H24N4O3S2/c28-21(14-32-23-25-24-22(20-4-2-12-31-20)27(23)16-6-7-16)26-9-1-3-17(26)15-5-8-18-19(13-15)30-11-10-29-18/h2,4-5,8,12-13,16-17H,1,3,6-7,9-11,14H2. The molecule has 0 bridgehead atoms. The van der Waals surface area contributed by atoms with Gasteiger partial charge in [-0.15, -0.1) is 21.5 Å². The molecular formula is C23H24N4O3S2. The van der Waals surface area contributed by atoms with Crippen molar-refractivity contribution in [3.05, 3.63) is 41.3 Å². The van der Waals surface area contributed by atoms with Gasteiger partial charge in [-0.05, 0) is 54.8 Å². The maximum Gasteiger partial charge on any atom is 0.233 e. The Morgan fingerprint density at radius 3 is 2.81 bits per heavy atom. The number of carbonyl (C=O) groups excluding carboxylic acids is 1. The number of rotatable bonds is 6. The Kier molecular flexibility index (Phi) is 5.30. The van der Waals surface area contributed by atoms with Crippen LogP contribution in [0.5, 0.6) is 11.5 Å². The SMILES string of the molecule is O=C(CSc1nnc(-c2cccs2)n1C1CC1)N1CCCC1c1ccc2c(c1)OCCO2. The average molecular weight is 469 g/mol. The first-order valence-corrected chi connectivity index (χ1v) is 12.9.